The number of hydrogen-bond acceptors (Lipinski definition) is 2. The summed E-state index contributed by atoms with van der Waals surface area (Å²) in [5.41, 5.74) is 1.02. The van der Waals surface area contributed by atoms with Crippen molar-refractivity contribution < 1.29 is 5.48 Å². The third kappa shape index (κ3) is 1.91. The maximum absolute atomic E-state index is 11.1. The number of aromatic nitrogens is 1. The molecule has 0 aliphatic heterocycles. The second-order valence-corrected chi connectivity index (χ2v) is 3.39. The molecule has 1 aromatic heterocycles. The van der Waals surface area contributed by atoms with Crippen molar-refractivity contribution >= 4 is 34.0 Å². The number of benzene rings is 1. The molecule has 0 saturated carbocycles. The highest BCUT2D eigenvalue weighted by Gasteiger charge is 2.00. The first-order chi connectivity index (χ1) is 5.29. The van der Waals surface area contributed by atoms with Crippen LogP contribution in [0.2, 0.25) is 0 Å². The van der Waals surface area contributed by atoms with Gasteiger partial charge in [-0.2, -0.15) is 0 Å². The van der Waals surface area contributed by atoms with E-state index >= 15 is 0 Å². The first-order valence-corrected chi connectivity index (χ1v) is 4.15. The summed E-state index contributed by atoms with van der Waals surface area (Å²) in [7, 11) is 1.79. The van der Waals surface area contributed by atoms with E-state index in [0.717, 1.165) is 10.2 Å². The van der Waals surface area contributed by atoms with Crippen molar-refractivity contribution in [2.45, 2.75) is 0 Å². The van der Waals surface area contributed by atoms with Crippen molar-refractivity contribution in [2.75, 3.05) is 0 Å². The average molecular weight is 220 g/mol. The van der Waals surface area contributed by atoms with Crippen LogP contribution in [0.4, 0.5) is 0 Å². The molecule has 0 atom stereocenters. The molecule has 0 spiro atoms. The zero-order chi connectivity index (χ0) is 7.84. The molecule has 0 radical (unpaired) electrons. The van der Waals surface area contributed by atoms with E-state index in [9.17, 15) is 4.79 Å². The normalized spacial score (nSPS) is 9.00. The lowest BCUT2D eigenvalue weighted by atomic mass is 10.3. The van der Waals surface area contributed by atoms with E-state index in [1.54, 1.807) is 11.6 Å². The molecule has 0 aliphatic carbocycles. The van der Waals surface area contributed by atoms with Gasteiger partial charge in [0.2, 0.25) is 0 Å². The van der Waals surface area contributed by atoms with Gasteiger partial charge in [-0.3, -0.25) is 4.79 Å². The van der Waals surface area contributed by atoms with Crippen molar-refractivity contribution in [2.24, 2.45) is 7.05 Å². The predicted molar refractivity (Wildman–Crippen MR) is 57.9 cm³/mol. The number of halogens is 1. The SMILES string of the molecule is Cl.Cn1c(=O)sc2ccccc21.O. The molecule has 3 nitrogen and oxygen atoms in total. The Labute approximate surface area is 85.3 Å². The third-order valence-electron chi connectivity index (χ3n) is 1.70. The van der Waals surface area contributed by atoms with Crippen molar-refractivity contribution in [1.82, 2.24) is 4.57 Å². The molecule has 0 fully saturated rings. The van der Waals surface area contributed by atoms with E-state index in [0.29, 0.717) is 0 Å². The Morgan fingerprint density at radius 2 is 1.92 bits per heavy atom. The molecule has 1 aromatic carbocycles. The standard InChI is InChI=1S/C8H7NOS.ClH.H2O/c1-9-6-4-2-3-5-7(6)11-8(9)10;;/h2-5H,1H3;1H;1H2. The molecule has 5 heteroatoms. The summed E-state index contributed by atoms with van der Waals surface area (Å²) in [6.45, 7) is 0. The van der Waals surface area contributed by atoms with Gasteiger partial charge in [-0.05, 0) is 12.1 Å². The van der Waals surface area contributed by atoms with Gasteiger partial charge in [0.25, 0.3) is 0 Å². The largest absolute Gasteiger partial charge is 0.412 e. The quantitative estimate of drug-likeness (QED) is 0.657. The van der Waals surface area contributed by atoms with Crippen molar-refractivity contribution in [3.8, 4) is 0 Å². The fourth-order valence-electron chi connectivity index (χ4n) is 1.08. The summed E-state index contributed by atoms with van der Waals surface area (Å²) >= 11 is 1.29. The molecular weight excluding hydrogens is 210 g/mol. The van der Waals surface area contributed by atoms with Gasteiger partial charge < -0.3 is 10.0 Å². The zero-order valence-electron chi connectivity index (χ0n) is 6.98. The highest BCUT2D eigenvalue weighted by atomic mass is 35.5. The van der Waals surface area contributed by atoms with Gasteiger partial charge in [0.15, 0.2) is 0 Å². The fourth-order valence-corrected chi connectivity index (χ4v) is 1.96. The van der Waals surface area contributed by atoms with Crippen LogP contribution < -0.4 is 4.87 Å². The van der Waals surface area contributed by atoms with Gasteiger partial charge in [-0.15, -0.1) is 12.4 Å². The molecular formula is C8H10ClNO2S. The Balaban J connectivity index is 0.000000720. The minimum atomic E-state index is 0. The maximum atomic E-state index is 11.1. The summed E-state index contributed by atoms with van der Waals surface area (Å²) in [5.74, 6) is 0. The molecule has 2 N–H and O–H groups in total. The van der Waals surface area contributed by atoms with E-state index in [1.807, 2.05) is 24.3 Å². The third-order valence-corrected chi connectivity index (χ3v) is 2.71. The smallest absolute Gasteiger partial charge is 0.307 e. The molecule has 0 bridgehead atoms. The first kappa shape index (κ1) is 12.2. The zero-order valence-corrected chi connectivity index (χ0v) is 8.61. The predicted octanol–water partition coefficient (Wildman–Crippen LogP) is 1.20. The van der Waals surface area contributed by atoms with Gasteiger partial charge in [-0.25, -0.2) is 0 Å². The topological polar surface area (TPSA) is 53.5 Å². The molecule has 2 rings (SSSR count). The fraction of sp³-hybridized carbons (Fsp3) is 0.125. The van der Waals surface area contributed by atoms with E-state index in [2.05, 4.69) is 0 Å². The number of thiazole rings is 1. The number of aryl methyl sites for hydroxylation is 1. The molecule has 2 aromatic rings. The lowest BCUT2D eigenvalue weighted by molar-refractivity contribution is 0.824. The van der Waals surface area contributed by atoms with Crippen LogP contribution in [0.1, 0.15) is 0 Å². The Morgan fingerprint density at radius 3 is 2.54 bits per heavy atom. The Hall–Kier alpha value is -0.840. The lowest BCUT2D eigenvalue weighted by Gasteiger charge is -1.89. The van der Waals surface area contributed by atoms with Gasteiger partial charge in [-0.1, -0.05) is 23.5 Å². The molecule has 72 valence electrons. The highest BCUT2D eigenvalue weighted by molar-refractivity contribution is 7.16. The van der Waals surface area contributed by atoms with Crippen LogP contribution in [0.15, 0.2) is 29.1 Å². The molecule has 13 heavy (non-hydrogen) atoms. The monoisotopic (exact) mass is 219 g/mol. The molecule has 0 unspecified atom stereocenters. The van der Waals surface area contributed by atoms with Crippen LogP contribution in [0.25, 0.3) is 10.2 Å². The van der Waals surface area contributed by atoms with Crippen LogP contribution in [0.5, 0.6) is 0 Å². The van der Waals surface area contributed by atoms with E-state index in [4.69, 9.17) is 0 Å². The summed E-state index contributed by atoms with van der Waals surface area (Å²) in [5, 5.41) is 0. The second kappa shape index (κ2) is 4.41. The first-order valence-electron chi connectivity index (χ1n) is 3.33. The van der Waals surface area contributed by atoms with Crippen LogP contribution in [0.3, 0.4) is 0 Å². The molecule has 0 saturated heterocycles. The number of para-hydroxylation sites is 1. The summed E-state index contributed by atoms with van der Waals surface area (Å²) < 4.78 is 2.72. The van der Waals surface area contributed by atoms with Crippen molar-refractivity contribution in [1.29, 1.82) is 0 Å². The number of rotatable bonds is 0. The summed E-state index contributed by atoms with van der Waals surface area (Å²) in [6.07, 6.45) is 0. The number of hydrogen-bond donors (Lipinski definition) is 0. The van der Waals surface area contributed by atoms with Crippen LogP contribution in [-0.4, -0.2) is 10.0 Å². The van der Waals surface area contributed by atoms with Crippen LogP contribution >= 0.6 is 23.7 Å². The summed E-state index contributed by atoms with van der Waals surface area (Å²) in [4.78, 5) is 11.2. The Kier molecular flexibility index (Phi) is 4.13. The van der Waals surface area contributed by atoms with Gasteiger partial charge in [0.1, 0.15) is 0 Å². The maximum Gasteiger partial charge on any atom is 0.307 e. The lowest BCUT2D eigenvalue weighted by Crippen LogP contribution is -2.06. The van der Waals surface area contributed by atoms with Gasteiger partial charge >= 0.3 is 4.87 Å². The Morgan fingerprint density at radius 1 is 1.31 bits per heavy atom. The molecule has 0 amide bonds. The van der Waals surface area contributed by atoms with E-state index < -0.39 is 0 Å². The Bertz CT molecular complexity index is 449. The number of nitrogens with zero attached hydrogens (tertiary/aromatic N) is 1. The van der Waals surface area contributed by atoms with Crippen LogP contribution in [-0.2, 0) is 7.05 Å². The summed E-state index contributed by atoms with van der Waals surface area (Å²) in [6, 6.07) is 7.79. The average Bonchev–Trinajstić information content (AvgIpc) is 2.30. The van der Waals surface area contributed by atoms with Crippen LogP contribution in [0, 0.1) is 0 Å². The van der Waals surface area contributed by atoms with Crippen molar-refractivity contribution in [3.05, 3.63) is 33.9 Å². The minimum Gasteiger partial charge on any atom is -0.412 e. The van der Waals surface area contributed by atoms with Gasteiger partial charge in [0.05, 0.1) is 10.2 Å². The second-order valence-electron chi connectivity index (χ2n) is 2.39. The molecule has 0 aliphatic rings. The van der Waals surface area contributed by atoms with E-state index in [1.165, 1.54) is 11.3 Å². The van der Waals surface area contributed by atoms with Crippen molar-refractivity contribution in [3.63, 3.8) is 0 Å². The minimum absolute atomic E-state index is 0. The molecule has 1 heterocycles. The van der Waals surface area contributed by atoms with E-state index in [-0.39, 0.29) is 22.8 Å². The highest BCUT2D eigenvalue weighted by Crippen LogP contribution is 2.14. The number of fused-ring (bicyclic) bond motifs is 1. The van der Waals surface area contributed by atoms with Gasteiger partial charge in [0, 0.05) is 7.05 Å².